The average Bonchev–Trinajstić information content (AvgIpc) is 3.42. The summed E-state index contributed by atoms with van der Waals surface area (Å²) in [6.07, 6.45) is 90.9. The minimum absolute atomic E-state index is 0.0516. The first kappa shape index (κ1) is 75.1. The van der Waals surface area contributed by atoms with Crippen molar-refractivity contribution in [2.75, 3.05) is 47.5 Å². The summed E-state index contributed by atoms with van der Waals surface area (Å²) in [4.78, 5) is 37.9. The lowest BCUT2D eigenvalue weighted by Gasteiger charge is -2.28. The van der Waals surface area contributed by atoms with E-state index in [0.29, 0.717) is 23.9 Å². The summed E-state index contributed by atoms with van der Waals surface area (Å²) >= 11 is 0. The molecular weight excluding hydrogens is 1010 g/mol. The van der Waals surface area contributed by atoms with Crippen LogP contribution in [-0.2, 0) is 32.7 Å². The maximum Gasteiger partial charge on any atom is 0.306 e. The molecule has 0 aromatic rings. The van der Waals surface area contributed by atoms with Crippen LogP contribution in [0.1, 0.15) is 194 Å². The second kappa shape index (κ2) is 58.8. The number of hydrogen-bond acceptors (Lipinski definition) is 8. The summed E-state index contributed by atoms with van der Waals surface area (Å²) in [5.74, 6) is -0.915. The molecule has 0 spiro atoms. The molecule has 9 nitrogen and oxygen atoms in total. The van der Waals surface area contributed by atoms with Gasteiger partial charge in [0.05, 0.1) is 27.7 Å². The number of ether oxygens (including phenoxy) is 2. The summed E-state index contributed by atoms with van der Waals surface area (Å²) < 4.78 is 34.1. The van der Waals surface area contributed by atoms with Crippen LogP contribution in [0.25, 0.3) is 0 Å². The summed E-state index contributed by atoms with van der Waals surface area (Å²) in [6.45, 7) is 3.91. The van der Waals surface area contributed by atoms with Crippen LogP contribution in [0.15, 0.2) is 182 Å². The van der Waals surface area contributed by atoms with Crippen LogP contribution in [-0.4, -0.2) is 70.0 Å². The van der Waals surface area contributed by atoms with Gasteiger partial charge in [0.1, 0.15) is 19.8 Å². The van der Waals surface area contributed by atoms with Crippen molar-refractivity contribution >= 4 is 19.8 Å². The number of rotatable bonds is 53. The Morgan fingerprint density at radius 1 is 0.388 bits per heavy atom. The smallest absolute Gasteiger partial charge is 0.306 e. The first-order valence-electron chi connectivity index (χ1n) is 30.5. The molecule has 0 heterocycles. The summed E-state index contributed by atoms with van der Waals surface area (Å²) in [5.41, 5.74) is 0. The molecule has 0 amide bonds. The Morgan fingerprint density at radius 2 is 0.675 bits per heavy atom. The maximum absolute atomic E-state index is 12.8. The van der Waals surface area contributed by atoms with Crippen LogP contribution >= 0.6 is 7.82 Å². The van der Waals surface area contributed by atoms with E-state index in [4.69, 9.17) is 18.5 Å². The quantitative estimate of drug-likeness (QED) is 0.0195. The first-order valence-corrected chi connectivity index (χ1v) is 32.0. The van der Waals surface area contributed by atoms with Crippen LogP contribution in [0, 0.1) is 0 Å². The van der Waals surface area contributed by atoms with E-state index in [0.717, 1.165) is 141 Å². The molecular formula is C70H110NO8P. The molecule has 0 saturated carbocycles. The van der Waals surface area contributed by atoms with Gasteiger partial charge in [-0.05, 0) is 135 Å². The van der Waals surface area contributed by atoms with Gasteiger partial charge in [-0.25, -0.2) is 0 Å². The van der Waals surface area contributed by atoms with Crippen LogP contribution in [0.5, 0.6) is 0 Å². The van der Waals surface area contributed by atoms with Crippen molar-refractivity contribution in [1.29, 1.82) is 0 Å². The summed E-state index contributed by atoms with van der Waals surface area (Å²) in [6, 6.07) is 0. The van der Waals surface area contributed by atoms with E-state index < -0.39 is 32.5 Å². The fourth-order valence-corrected chi connectivity index (χ4v) is 8.03. The number of esters is 2. The normalized spacial score (nSPS) is 14.5. The number of nitrogens with zero attached hydrogens (tertiary/aromatic N) is 1. The van der Waals surface area contributed by atoms with Gasteiger partial charge >= 0.3 is 11.9 Å². The average molecular weight is 1120 g/mol. The van der Waals surface area contributed by atoms with Crippen molar-refractivity contribution in [3.8, 4) is 0 Å². The number of carbonyl (C=O) groups excluding carboxylic acids is 2. The molecule has 0 aliphatic rings. The van der Waals surface area contributed by atoms with Crippen molar-refractivity contribution in [2.45, 2.75) is 200 Å². The number of unbranched alkanes of at least 4 members (excludes halogenated alkanes) is 9. The van der Waals surface area contributed by atoms with Gasteiger partial charge in [-0.3, -0.25) is 14.2 Å². The lowest BCUT2D eigenvalue weighted by molar-refractivity contribution is -0.870. The number of carbonyl (C=O) groups is 2. The highest BCUT2D eigenvalue weighted by molar-refractivity contribution is 7.45. The molecule has 2 atom stereocenters. The molecule has 0 aliphatic heterocycles. The van der Waals surface area contributed by atoms with E-state index in [1.165, 1.54) is 12.8 Å². The Labute approximate surface area is 489 Å². The van der Waals surface area contributed by atoms with Gasteiger partial charge in [-0.2, -0.15) is 0 Å². The molecule has 10 heteroatoms. The Bertz CT molecular complexity index is 2000. The molecule has 448 valence electrons. The van der Waals surface area contributed by atoms with Crippen LogP contribution in [0.3, 0.4) is 0 Å². The standard InChI is InChI=1S/C70H110NO8P/c1-6-8-10-12-14-16-18-20-22-24-26-28-29-30-31-32-33-34-35-36-37-38-39-40-41-43-45-47-49-51-53-55-57-59-61-63-70(73)79-68(67-78-80(74,75)77-65-64-71(3,4)5)66-76-69(72)62-60-58-56-54-52-50-48-46-44-42-27-25-23-21-19-17-15-13-11-9-7-2/h8-11,14-17,20-23,26-28,30-31,33-34,36-37,39-40,42-43,45-46,48,52,54,68H,6-7,12-13,18-19,24-25,29,32,35,38,41,44,47,49-51,53,55-67H2,1-5H3/b10-8-,11-9-,16-14-,17-15-,22-20-,23-21-,28-26-,31-30-,34-33-,37-36-,40-39-,42-27-,45-43-,48-46-,54-52-. The number of hydrogen-bond donors (Lipinski definition) is 0. The van der Waals surface area contributed by atoms with Gasteiger partial charge in [0.15, 0.2) is 6.10 Å². The monoisotopic (exact) mass is 1120 g/mol. The Balaban J connectivity index is 4.28. The molecule has 2 unspecified atom stereocenters. The lowest BCUT2D eigenvalue weighted by Crippen LogP contribution is -2.37. The largest absolute Gasteiger partial charge is 0.756 e. The molecule has 0 aliphatic carbocycles. The Kier molecular flexibility index (Phi) is 55.2. The number of phosphoric acid groups is 1. The fourth-order valence-electron chi connectivity index (χ4n) is 7.30. The predicted molar refractivity (Wildman–Crippen MR) is 341 cm³/mol. The molecule has 0 saturated heterocycles. The fraction of sp³-hybridized carbons (Fsp3) is 0.543. The summed E-state index contributed by atoms with van der Waals surface area (Å²) in [5, 5.41) is 0. The Hall–Kier alpha value is -4.89. The molecule has 0 N–H and O–H groups in total. The van der Waals surface area contributed by atoms with Crippen molar-refractivity contribution in [3.05, 3.63) is 182 Å². The second-order valence-corrected chi connectivity index (χ2v) is 22.0. The zero-order valence-corrected chi connectivity index (χ0v) is 51.6. The van der Waals surface area contributed by atoms with E-state index in [2.05, 4.69) is 196 Å². The van der Waals surface area contributed by atoms with E-state index in [-0.39, 0.29) is 26.1 Å². The van der Waals surface area contributed by atoms with Gasteiger partial charge in [0.2, 0.25) is 0 Å². The van der Waals surface area contributed by atoms with Crippen LogP contribution < -0.4 is 4.89 Å². The zero-order valence-electron chi connectivity index (χ0n) is 50.7. The lowest BCUT2D eigenvalue weighted by atomic mass is 10.1. The van der Waals surface area contributed by atoms with E-state index in [1.54, 1.807) is 0 Å². The third kappa shape index (κ3) is 62.3. The second-order valence-electron chi connectivity index (χ2n) is 20.6. The van der Waals surface area contributed by atoms with E-state index >= 15 is 0 Å². The van der Waals surface area contributed by atoms with Crippen molar-refractivity contribution in [3.63, 3.8) is 0 Å². The van der Waals surface area contributed by atoms with Crippen molar-refractivity contribution < 1.29 is 42.1 Å². The number of quaternary nitrogens is 1. The minimum atomic E-state index is -4.67. The van der Waals surface area contributed by atoms with Gasteiger partial charge < -0.3 is 27.9 Å². The minimum Gasteiger partial charge on any atom is -0.756 e. The van der Waals surface area contributed by atoms with Gasteiger partial charge in [0, 0.05) is 12.8 Å². The highest BCUT2D eigenvalue weighted by Gasteiger charge is 2.21. The highest BCUT2D eigenvalue weighted by atomic mass is 31.2. The number of allylic oxidation sites excluding steroid dienone is 30. The SMILES string of the molecule is CC/C=C\C/C=C\C/C=C\C/C=C\C/C=C\C/C=C\C/C=C\C/C=C\C/C=C\CCCCCCCCCC(=O)OC(COC(=O)CCCC/C=C\C/C=C\C/C=C\C/C=C\C/C=C\C/C=C\CC)COP(=O)([O-])OCC[N+](C)(C)C. The Morgan fingerprint density at radius 3 is 1.02 bits per heavy atom. The summed E-state index contributed by atoms with van der Waals surface area (Å²) in [7, 11) is 1.10. The number of likely N-dealkylation sites (N-methyl/N-ethyl adjacent to an activating group) is 1. The molecule has 0 radical (unpaired) electrons. The molecule has 0 rings (SSSR count). The molecule has 0 aromatic carbocycles. The molecule has 0 aromatic heterocycles. The van der Waals surface area contributed by atoms with Crippen LogP contribution in [0.4, 0.5) is 0 Å². The molecule has 80 heavy (non-hydrogen) atoms. The van der Waals surface area contributed by atoms with E-state index in [1.807, 2.05) is 21.1 Å². The van der Waals surface area contributed by atoms with Gasteiger partial charge in [0.25, 0.3) is 7.82 Å². The van der Waals surface area contributed by atoms with Gasteiger partial charge in [-0.15, -0.1) is 0 Å². The van der Waals surface area contributed by atoms with E-state index in [9.17, 15) is 19.0 Å². The third-order valence-corrected chi connectivity index (χ3v) is 12.9. The van der Waals surface area contributed by atoms with Crippen molar-refractivity contribution in [2.24, 2.45) is 0 Å². The first-order chi connectivity index (χ1) is 39.0. The number of phosphoric ester groups is 1. The highest BCUT2D eigenvalue weighted by Crippen LogP contribution is 2.38. The zero-order chi connectivity index (χ0) is 58.4. The molecule has 0 fully saturated rings. The third-order valence-electron chi connectivity index (χ3n) is 11.9. The molecule has 0 bridgehead atoms. The topological polar surface area (TPSA) is 111 Å². The van der Waals surface area contributed by atoms with Crippen LogP contribution in [0.2, 0.25) is 0 Å². The van der Waals surface area contributed by atoms with Gasteiger partial charge in [-0.1, -0.05) is 228 Å². The predicted octanol–water partition coefficient (Wildman–Crippen LogP) is 19.0. The van der Waals surface area contributed by atoms with Crippen molar-refractivity contribution in [1.82, 2.24) is 0 Å². The maximum atomic E-state index is 12.8.